The Balaban J connectivity index is 1.94. The van der Waals surface area contributed by atoms with Crippen molar-refractivity contribution in [1.82, 2.24) is 15.1 Å². The van der Waals surface area contributed by atoms with Crippen molar-refractivity contribution in [1.29, 1.82) is 0 Å². The molecule has 2 aliphatic rings. The molecule has 0 spiro atoms. The second-order valence-electron chi connectivity index (χ2n) is 5.45. The van der Waals surface area contributed by atoms with Crippen LogP contribution in [0.25, 0.3) is 0 Å². The van der Waals surface area contributed by atoms with Crippen LogP contribution in [-0.2, 0) is 9.59 Å². The Kier molecular flexibility index (Phi) is 4.46. The fourth-order valence-corrected chi connectivity index (χ4v) is 3.04. The number of carbonyl (C=O) groups is 3. The van der Waals surface area contributed by atoms with E-state index in [9.17, 15) is 14.4 Å². The van der Waals surface area contributed by atoms with Crippen molar-refractivity contribution in [3.63, 3.8) is 0 Å². The Labute approximate surface area is 117 Å². The molecule has 0 aromatic heterocycles. The summed E-state index contributed by atoms with van der Waals surface area (Å²) in [7, 11) is 1.57. The van der Waals surface area contributed by atoms with E-state index >= 15 is 0 Å². The van der Waals surface area contributed by atoms with E-state index in [0.717, 1.165) is 12.8 Å². The first-order valence-electron chi connectivity index (χ1n) is 7.02. The maximum atomic E-state index is 12.4. The first-order chi connectivity index (χ1) is 9.52. The molecule has 0 saturated carbocycles. The Morgan fingerprint density at radius 1 is 1.25 bits per heavy atom. The van der Waals surface area contributed by atoms with Crippen molar-refractivity contribution < 1.29 is 19.5 Å². The van der Waals surface area contributed by atoms with Crippen LogP contribution in [0, 0.1) is 5.92 Å². The molecule has 2 atom stereocenters. The van der Waals surface area contributed by atoms with Gasteiger partial charge < -0.3 is 20.2 Å². The van der Waals surface area contributed by atoms with E-state index in [4.69, 9.17) is 5.11 Å². The van der Waals surface area contributed by atoms with E-state index in [1.165, 1.54) is 0 Å². The molecule has 3 amide bonds. The van der Waals surface area contributed by atoms with Gasteiger partial charge in [0.25, 0.3) is 0 Å². The third kappa shape index (κ3) is 3.02. The number of carbonyl (C=O) groups excluding carboxylic acids is 2. The molecule has 2 unspecified atom stereocenters. The van der Waals surface area contributed by atoms with Crippen LogP contribution in [-0.4, -0.2) is 65.5 Å². The Morgan fingerprint density at radius 2 is 2.00 bits per heavy atom. The van der Waals surface area contributed by atoms with Crippen molar-refractivity contribution in [2.75, 3.05) is 26.7 Å². The monoisotopic (exact) mass is 283 g/mol. The predicted molar refractivity (Wildman–Crippen MR) is 71.1 cm³/mol. The molecule has 0 aromatic rings. The normalized spacial score (nSPS) is 25.9. The van der Waals surface area contributed by atoms with Gasteiger partial charge in [0.05, 0.1) is 0 Å². The zero-order valence-electron chi connectivity index (χ0n) is 11.7. The fourth-order valence-electron chi connectivity index (χ4n) is 3.04. The summed E-state index contributed by atoms with van der Waals surface area (Å²) in [6.07, 6.45) is 2.34. The van der Waals surface area contributed by atoms with Gasteiger partial charge in [0, 0.05) is 33.1 Å². The van der Waals surface area contributed by atoms with E-state index in [0.29, 0.717) is 26.1 Å². The molecule has 7 heteroatoms. The van der Waals surface area contributed by atoms with Crippen LogP contribution in [0.4, 0.5) is 4.79 Å². The molecule has 20 heavy (non-hydrogen) atoms. The number of hydrogen-bond donors (Lipinski definition) is 2. The second-order valence-corrected chi connectivity index (χ2v) is 5.45. The number of likely N-dealkylation sites (N-methyl/N-ethyl adjacent to an activating group) is 1. The third-order valence-electron chi connectivity index (χ3n) is 4.07. The molecule has 2 rings (SSSR count). The van der Waals surface area contributed by atoms with E-state index in [2.05, 4.69) is 5.32 Å². The van der Waals surface area contributed by atoms with Crippen molar-refractivity contribution in [3.05, 3.63) is 0 Å². The van der Waals surface area contributed by atoms with Gasteiger partial charge in [0.2, 0.25) is 5.91 Å². The van der Waals surface area contributed by atoms with Crippen LogP contribution in [0.2, 0.25) is 0 Å². The highest BCUT2D eigenvalue weighted by Gasteiger charge is 2.38. The summed E-state index contributed by atoms with van der Waals surface area (Å²) in [5.74, 6) is -0.927. The topological polar surface area (TPSA) is 90.0 Å². The van der Waals surface area contributed by atoms with E-state index in [1.807, 2.05) is 0 Å². The molecule has 2 heterocycles. The highest BCUT2D eigenvalue weighted by molar-refractivity contribution is 5.87. The average Bonchev–Trinajstić information content (AvgIpc) is 3.04. The Bertz CT molecular complexity index is 412. The Hall–Kier alpha value is -1.79. The molecule has 2 aliphatic heterocycles. The molecule has 0 aliphatic carbocycles. The second kappa shape index (κ2) is 6.11. The van der Waals surface area contributed by atoms with Crippen LogP contribution >= 0.6 is 0 Å². The fraction of sp³-hybridized carbons (Fsp3) is 0.769. The lowest BCUT2D eigenvalue weighted by atomic mass is 10.1. The SMILES string of the molecule is CNC(=O)C1CCCN1C(=O)N1CCC(CC(=O)O)C1. The first-order valence-corrected chi connectivity index (χ1v) is 7.02. The van der Waals surface area contributed by atoms with Crippen molar-refractivity contribution >= 4 is 17.9 Å². The van der Waals surface area contributed by atoms with Gasteiger partial charge in [0.1, 0.15) is 6.04 Å². The third-order valence-corrected chi connectivity index (χ3v) is 4.07. The molecular weight excluding hydrogens is 262 g/mol. The molecule has 0 radical (unpaired) electrons. The summed E-state index contributed by atoms with van der Waals surface area (Å²) >= 11 is 0. The highest BCUT2D eigenvalue weighted by atomic mass is 16.4. The molecule has 2 fully saturated rings. The van der Waals surface area contributed by atoms with Gasteiger partial charge in [-0.25, -0.2) is 4.79 Å². The van der Waals surface area contributed by atoms with Gasteiger partial charge in [-0.05, 0) is 25.2 Å². The molecule has 0 bridgehead atoms. The number of nitrogens with zero attached hydrogens (tertiary/aromatic N) is 2. The van der Waals surface area contributed by atoms with E-state index < -0.39 is 5.97 Å². The minimum absolute atomic E-state index is 0.0255. The van der Waals surface area contributed by atoms with Crippen LogP contribution in [0.1, 0.15) is 25.7 Å². The summed E-state index contributed by atoms with van der Waals surface area (Å²) in [4.78, 5) is 38.2. The number of nitrogens with one attached hydrogen (secondary N) is 1. The number of carboxylic acids is 1. The molecular formula is C13H21N3O4. The van der Waals surface area contributed by atoms with Gasteiger partial charge >= 0.3 is 12.0 Å². The van der Waals surface area contributed by atoms with E-state index in [-0.39, 0.29) is 30.3 Å². The number of likely N-dealkylation sites (tertiary alicyclic amines) is 2. The van der Waals surface area contributed by atoms with Gasteiger partial charge in [-0.1, -0.05) is 0 Å². The summed E-state index contributed by atoms with van der Waals surface area (Å²) < 4.78 is 0. The lowest BCUT2D eigenvalue weighted by molar-refractivity contribution is -0.138. The number of urea groups is 1. The van der Waals surface area contributed by atoms with Crippen molar-refractivity contribution in [2.45, 2.75) is 31.7 Å². The maximum Gasteiger partial charge on any atom is 0.320 e. The van der Waals surface area contributed by atoms with Crippen molar-refractivity contribution in [3.8, 4) is 0 Å². The Morgan fingerprint density at radius 3 is 2.65 bits per heavy atom. The summed E-state index contributed by atoms with van der Waals surface area (Å²) in [5, 5.41) is 11.4. The first kappa shape index (κ1) is 14.6. The number of rotatable bonds is 3. The average molecular weight is 283 g/mol. The summed E-state index contributed by atoms with van der Waals surface area (Å²) in [6, 6.07) is -0.519. The van der Waals surface area contributed by atoms with E-state index in [1.54, 1.807) is 16.8 Å². The molecule has 0 aromatic carbocycles. The number of amides is 3. The summed E-state index contributed by atoms with van der Waals surface area (Å²) in [6.45, 7) is 1.65. The van der Waals surface area contributed by atoms with Crippen LogP contribution in [0.15, 0.2) is 0 Å². The molecule has 7 nitrogen and oxygen atoms in total. The van der Waals surface area contributed by atoms with Crippen LogP contribution < -0.4 is 5.32 Å². The van der Waals surface area contributed by atoms with Crippen LogP contribution in [0.3, 0.4) is 0 Å². The largest absolute Gasteiger partial charge is 0.481 e. The molecule has 112 valence electrons. The molecule has 2 saturated heterocycles. The van der Waals surface area contributed by atoms with Gasteiger partial charge in [-0.2, -0.15) is 0 Å². The zero-order chi connectivity index (χ0) is 14.7. The van der Waals surface area contributed by atoms with Gasteiger partial charge in [-0.15, -0.1) is 0 Å². The summed E-state index contributed by atoms with van der Waals surface area (Å²) in [5.41, 5.74) is 0. The number of aliphatic carboxylic acids is 1. The highest BCUT2D eigenvalue weighted by Crippen LogP contribution is 2.24. The zero-order valence-corrected chi connectivity index (χ0v) is 11.7. The number of hydrogen-bond acceptors (Lipinski definition) is 3. The molecule has 2 N–H and O–H groups in total. The minimum Gasteiger partial charge on any atom is -0.481 e. The van der Waals surface area contributed by atoms with Gasteiger partial charge in [-0.3, -0.25) is 9.59 Å². The quantitative estimate of drug-likeness (QED) is 0.769. The van der Waals surface area contributed by atoms with Crippen LogP contribution in [0.5, 0.6) is 0 Å². The predicted octanol–water partition coefficient (Wildman–Crippen LogP) is 0.113. The lowest BCUT2D eigenvalue weighted by Crippen LogP contribution is -2.49. The smallest absolute Gasteiger partial charge is 0.320 e. The maximum absolute atomic E-state index is 12.4. The lowest BCUT2D eigenvalue weighted by Gasteiger charge is -2.28. The minimum atomic E-state index is -0.825. The number of carboxylic acid groups (broad SMARTS) is 1. The van der Waals surface area contributed by atoms with Gasteiger partial charge in [0.15, 0.2) is 0 Å². The standard InChI is InChI=1S/C13H21N3O4/c1-14-12(19)10-3-2-5-16(10)13(20)15-6-4-9(8-15)7-11(17)18/h9-10H,2-8H2,1H3,(H,14,19)(H,17,18). The van der Waals surface area contributed by atoms with Crippen molar-refractivity contribution in [2.24, 2.45) is 5.92 Å².